The van der Waals surface area contributed by atoms with E-state index in [1.165, 1.54) is 6.07 Å². The Morgan fingerprint density at radius 1 is 1.25 bits per heavy atom. The lowest BCUT2D eigenvalue weighted by atomic mass is 9.83. The van der Waals surface area contributed by atoms with Gasteiger partial charge < -0.3 is 0 Å². The molecule has 6 heteroatoms. The van der Waals surface area contributed by atoms with E-state index in [1.54, 1.807) is 0 Å². The molecule has 0 aliphatic heterocycles. The molecular formula is C14H19F2NO2S. The summed E-state index contributed by atoms with van der Waals surface area (Å²) in [6.07, 6.45) is 1.27. The largest absolute Gasteiger partial charge is 0.215 e. The summed E-state index contributed by atoms with van der Waals surface area (Å²) in [6, 6.07) is 2.49. The van der Waals surface area contributed by atoms with Gasteiger partial charge in [0.1, 0.15) is 11.6 Å². The van der Waals surface area contributed by atoms with Crippen molar-refractivity contribution in [2.24, 2.45) is 5.41 Å². The van der Waals surface area contributed by atoms with Crippen LogP contribution in [0.25, 0.3) is 0 Å². The molecule has 1 fully saturated rings. The van der Waals surface area contributed by atoms with Crippen LogP contribution >= 0.6 is 0 Å². The van der Waals surface area contributed by atoms with Crippen molar-refractivity contribution in [2.45, 2.75) is 44.9 Å². The fourth-order valence-corrected chi connectivity index (χ4v) is 3.84. The molecule has 0 aromatic heterocycles. The lowest BCUT2D eigenvalue weighted by Crippen LogP contribution is -2.38. The van der Waals surface area contributed by atoms with Crippen LogP contribution in [0.2, 0.25) is 0 Å². The summed E-state index contributed by atoms with van der Waals surface area (Å²) >= 11 is 0. The van der Waals surface area contributed by atoms with Gasteiger partial charge in [-0.3, -0.25) is 0 Å². The van der Waals surface area contributed by atoms with Gasteiger partial charge >= 0.3 is 0 Å². The third-order valence-electron chi connectivity index (χ3n) is 3.38. The lowest BCUT2D eigenvalue weighted by molar-refractivity contribution is 0.296. The lowest BCUT2D eigenvalue weighted by Gasteiger charge is -2.32. The quantitative estimate of drug-likeness (QED) is 0.929. The van der Waals surface area contributed by atoms with Gasteiger partial charge in [0.15, 0.2) is 0 Å². The Morgan fingerprint density at radius 2 is 1.85 bits per heavy atom. The molecule has 112 valence electrons. The normalized spacial score (nSPS) is 18.1. The van der Waals surface area contributed by atoms with Gasteiger partial charge in [-0.15, -0.1) is 0 Å². The number of nitrogens with one attached hydrogen (secondary N) is 1. The van der Waals surface area contributed by atoms with Gasteiger partial charge in [-0.2, -0.15) is 0 Å². The zero-order valence-corrected chi connectivity index (χ0v) is 12.6. The molecule has 0 heterocycles. The Morgan fingerprint density at radius 3 is 2.30 bits per heavy atom. The van der Waals surface area contributed by atoms with Crippen LogP contribution in [0.5, 0.6) is 0 Å². The topological polar surface area (TPSA) is 46.2 Å². The van der Waals surface area contributed by atoms with E-state index in [2.05, 4.69) is 4.72 Å². The molecule has 1 aliphatic carbocycles. The minimum atomic E-state index is -3.45. The second kappa shape index (κ2) is 5.07. The zero-order chi connectivity index (χ0) is 15.1. The summed E-state index contributed by atoms with van der Waals surface area (Å²) in [4.78, 5) is 0. The van der Waals surface area contributed by atoms with E-state index in [4.69, 9.17) is 0 Å². The molecule has 1 saturated carbocycles. The molecule has 0 bridgehead atoms. The molecular weight excluding hydrogens is 284 g/mol. The average Bonchev–Trinajstić information content (AvgIpc) is 3.09. The van der Waals surface area contributed by atoms with Crippen LogP contribution in [0.1, 0.15) is 45.2 Å². The third-order valence-corrected chi connectivity index (χ3v) is 5.30. The smallest absolute Gasteiger partial charge is 0.212 e. The highest BCUT2D eigenvalue weighted by atomic mass is 32.2. The van der Waals surface area contributed by atoms with E-state index >= 15 is 0 Å². The van der Waals surface area contributed by atoms with Gasteiger partial charge in [-0.25, -0.2) is 21.9 Å². The summed E-state index contributed by atoms with van der Waals surface area (Å²) < 4.78 is 53.7. The number of rotatable bonds is 4. The number of hydrogen-bond acceptors (Lipinski definition) is 2. The van der Waals surface area contributed by atoms with Crippen molar-refractivity contribution in [1.82, 2.24) is 4.72 Å². The minimum Gasteiger partial charge on any atom is -0.212 e. The van der Waals surface area contributed by atoms with E-state index < -0.39 is 33.1 Å². The Balaban J connectivity index is 2.38. The first-order valence-corrected chi connectivity index (χ1v) is 8.12. The van der Waals surface area contributed by atoms with Crippen LogP contribution in [0, 0.1) is 17.0 Å². The van der Waals surface area contributed by atoms with E-state index in [9.17, 15) is 17.2 Å². The van der Waals surface area contributed by atoms with E-state index in [0.717, 1.165) is 12.1 Å². The van der Waals surface area contributed by atoms with Crippen LogP contribution in [-0.4, -0.2) is 13.7 Å². The second-order valence-corrected chi connectivity index (χ2v) is 8.32. The van der Waals surface area contributed by atoms with Gasteiger partial charge in [0, 0.05) is 11.6 Å². The predicted molar refractivity (Wildman–Crippen MR) is 73.6 cm³/mol. The molecule has 0 spiro atoms. The monoisotopic (exact) mass is 303 g/mol. The van der Waals surface area contributed by atoms with Crippen molar-refractivity contribution in [1.29, 1.82) is 0 Å². The molecule has 0 unspecified atom stereocenters. The molecule has 2 rings (SSSR count). The first-order chi connectivity index (χ1) is 9.11. The minimum absolute atomic E-state index is 0.170. The second-order valence-electron chi connectivity index (χ2n) is 6.33. The van der Waals surface area contributed by atoms with Crippen molar-refractivity contribution in [3.8, 4) is 0 Å². The molecule has 0 radical (unpaired) electrons. The Kier molecular flexibility index (Phi) is 3.90. The molecule has 3 nitrogen and oxygen atoms in total. The first-order valence-electron chi connectivity index (χ1n) is 6.57. The summed E-state index contributed by atoms with van der Waals surface area (Å²) in [6.45, 7) is 5.45. The molecule has 1 aromatic rings. The molecule has 1 atom stereocenters. The first kappa shape index (κ1) is 15.4. The van der Waals surface area contributed by atoms with Crippen LogP contribution < -0.4 is 4.72 Å². The van der Waals surface area contributed by atoms with Crippen molar-refractivity contribution >= 4 is 10.0 Å². The van der Waals surface area contributed by atoms with Gasteiger partial charge in [0.2, 0.25) is 10.0 Å². The molecule has 1 aromatic carbocycles. The van der Waals surface area contributed by atoms with E-state index in [0.29, 0.717) is 12.8 Å². The molecule has 20 heavy (non-hydrogen) atoms. The van der Waals surface area contributed by atoms with Crippen molar-refractivity contribution in [2.75, 3.05) is 0 Å². The number of hydrogen-bond donors (Lipinski definition) is 1. The number of benzene rings is 1. The highest BCUT2D eigenvalue weighted by Crippen LogP contribution is 2.37. The summed E-state index contributed by atoms with van der Waals surface area (Å²) in [7, 11) is -3.45. The van der Waals surface area contributed by atoms with Crippen molar-refractivity contribution < 1.29 is 17.2 Å². The van der Waals surface area contributed by atoms with Gasteiger partial charge in [0.05, 0.1) is 11.3 Å². The predicted octanol–water partition coefficient (Wildman–Crippen LogP) is 3.13. The highest BCUT2D eigenvalue weighted by Gasteiger charge is 2.40. The Labute approximate surface area is 118 Å². The Hall–Kier alpha value is -1.01. The Bertz CT molecular complexity index is 604. The highest BCUT2D eigenvalue weighted by molar-refractivity contribution is 7.90. The summed E-state index contributed by atoms with van der Waals surface area (Å²) in [5.41, 5.74) is -0.358. The summed E-state index contributed by atoms with van der Waals surface area (Å²) in [5, 5.41) is -0.379. The fourth-order valence-electron chi connectivity index (χ4n) is 2.08. The van der Waals surface area contributed by atoms with Crippen LogP contribution in [0.3, 0.4) is 0 Å². The standard InChI is InChI=1S/C14H19F2NO2S/c1-14(2,3)13(17-20(18,19)10-5-6-10)11-7-4-9(15)8-12(11)16/h4,7-8,10,13,17H,5-6H2,1-3H3/t13-/m0/s1. The fraction of sp³-hybridized carbons (Fsp3) is 0.571. The maximum atomic E-state index is 13.9. The van der Waals surface area contributed by atoms with Gasteiger partial charge in [0.25, 0.3) is 0 Å². The number of halogens is 2. The van der Waals surface area contributed by atoms with Crippen molar-refractivity contribution in [3.05, 3.63) is 35.4 Å². The molecule has 0 saturated heterocycles. The van der Waals surface area contributed by atoms with Crippen molar-refractivity contribution in [3.63, 3.8) is 0 Å². The van der Waals surface area contributed by atoms with Crippen LogP contribution in [-0.2, 0) is 10.0 Å². The molecule has 1 N–H and O–H groups in total. The zero-order valence-electron chi connectivity index (χ0n) is 11.8. The third kappa shape index (κ3) is 3.35. The van der Waals surface area contributed by atoms with Crippen LogP contribution in [0.15, 0.2) is 18.2 Å². The van der Waals surface area contributed by atoms with Gasteiger partial charge in [-0.1, -0.05) is 26.8 Å². The average molecular weight is 303 g/mol. The molecule has 1 aliphatic rings. The maximum absolute atomic E-state index is 13.9. The SMILES string of the molecule is CC(C)(C)[C@@H](NS(=O)(=O)C1CC1)c1ccc(F)cc1F. The number of sulfonamides is 1. The van der Waals surface area contributed by atoms with Crippen LogP contribution in [0.4, 0.5) is 8.78 Å². The van der Waals surface area contributed by atoms with Gasteiger partial charge in [-0.05, 0) is 24.3 Å². The van der Waals surface area contributed by atoms with E-state index in [1.807, 2.05) is 20.8 Å². The summed E-state index contributed by atoms with van der Waals surface area (Å²) in [5.74, 6) is -1.41. The maximum Gasteiger partial charge on any atom is 0.215 e. The van der Waals surface area contributed by atoms with E-state index in [-0.39, 0.29) is 10.8 Å². The molecule has 0 amide bonds.